The molecule has 176 valence electrons. The minimum absolute atomic E-state index is 0.144. The van der Waals surface area contributed by atoms with Crippen molar-refractivity contribution in [1.29, 1.82) is 0 Å². The number of carbonyl (C=O) groups excluding carboxylic acids is 1. The molecule has 0 aliphatic rings. The fourth-order valence-corrected chi connectivity index (χ4v) is 5.92. The number of carbonyl (C=O) groups is 1. The average molecular weight is 495 g/mol. The van der Waals surface area contributed by atoms with E-state index < -0.39 is 9.84 Å². The van der Waals surface area contributed by atoms with Crippen LogP contribution in [0.15, 0.2) is 71.6 Å². The third-order valence-electron chi connectivity index (χ3n) is 5.59. The van der Waals surface area contributed by atoms with Crippen molar-refractivity contribution in [3.63, 3.8) is 0 Å². The number of nitrogens with zero attached hydrogens (tertiary/aromatic N) is 2. The van der Waals surface area contributed by atoms with Gasteiger partial charge >= 0.3 is 0 Å². The number of rotatable bonds is 8. The number of aryl methyl sites for hydroxylation is 2. The normalized spacial score (nSPS) is 11.5. The molecule has 1 amide bonds. The van der Waals surface area contributed by atoms with Gasteiger partial charge in [-0.25, -0.2) is 13.4 Å². The van der Waals surface area contributed by atoms with Crippen molar-refractivity contribution in [1.82, 2.24) is 4.98 Å². The molecule has 4 rings (SSSR count). The van der Waals surface area contributed by atoms with Gasteiger partial charge in [0.1, 0.15) is 11.3 Å². The maximum Gasteiger partial charge on any atom is 0.230 e. The molecule has 1 aromatic heterocycles. The summed E-state index contributed by atoms with van der Waals surface area (Å²) in [6, 6.07) is 20.1. The zero-order valence-corrected chi connectivity index (χ0v) is 20.9. The molecule has 0 radical (unpaired) electrons. The van der Waals surface area contributed by atoms with Gasteiger partial charge in [-0.05, 0) is 43.2 Å². The molecule has 3 aromatic carbocycles. The van der Waals surface area contributed by atoms with Crippen molar-refractivity contribution in [2.24, 2.45) is 0 Å². The fourth-order valence-electron chi connectivity index (χ4n) is 3.63. The van der Waals surface area contributed by atoms with Crippen LogP contribution in [0.25, 0.3) is 10.2 Å². The van der Waals surface area contributed by atoms with Gasteiger partial charge in [-0.15, -0.1) is 0 Å². The molecule has 0 aliphatic heterocycles. The Hall–Kier alpha value is -3.23. The van der Waals surface area contributed by atoms with Crippen LogP contribution in [0.1, 0.15) is 23.1 Å². The van der Waals surface area contributed by atoms with Crippen molar-refractivity contribution in [3.05, 3.63) is 83.4 Å². The fraction of sp³-hybridized carbons (Fsp3) is 0.231. The van der Waals surface area contributed by atoms with Crippen LogP contribution in [0.2, 0.25) is 0 Å². The summed E-state index contributed by atoms with van der Waals surface area (Å²) in [7, 11) is -2.00. The van der Waals surface area contributed by atoms with Crippen LogP contribution >= 0.6 is 11.3 Å². The summed E-state index contributed by atoms with van der Waals surface area (Å²) in [6.07, 6.45) is -0.144. The van der Waals surface area contributed by atoms with E-state index in [4.69, 9.17) is 9.72 Å². The Bertz CT molecular complexity index is 1410. The predicted octanol–water partition coefficient (Wildman–Crippen LogP) is 5.32. The highest BCUT2D eigenvalue weighted by Gasteiger charge is 2.24. The Morgan fingerprint density at radius 3 is 2.38 bits per heavy atom. The van der Waals surface area contributed by atoms with E-state index in [1.54, 1.807) is 36.3 Å². The topological polar surface area (TPSA) is 76.6 Å². The number of fused-ring (bicyclic) bond motifs is 1. The Morgan fingerprint density at radius 1 is 1.00 bits per heavy atom. The first-order chi connectivity index (χ1) is 16.3. The number of thiazole rings is 1. The summed E-state index contributed by atoms with van der Waals surface area (Å²) in [5.74, 6) is 0.0698. The van der Waals surface area contributed by atoms with Gasteiger partial charge in [-0.1, -0.05) is 65.4 Å². The van der Waals surface area contributed by atoms with Gasteiger partial charge in [0.15, 0.2) is 15.0 Å². The van der Waals surface area contributed by atoms with Crippen LogP contribution in [0.5, 0.6) is 5.75 Å². The van der Waals surface area contributed by atoms with E-state index in [0.29, 0.717) is 22.9 Å². The SMILES string of the molecule is COc1ccc(C)c2sc(N(Cc3ccccc3)C(=O)CCS(=O)(=O)c3ccc(C)cc3)nc12. The third kappa shape index (κ3) is 5.13. The lowest BCUT2D eigenvalue weighted by atomic mass is 10.2. The number of sulfone groups is 1. The molecule has 0 aliphatic carbocycles. The Labute approximate surface area is 203 Å². The molecule has 0 N–H and O–H groups in total. The van der Waals surface area contributed by atoms with Gasteiger partial charge in [0.05, 0.1) is 29.0 Å². The quantitative estimate of drug-likeness (QED) is 0.331. The standard InChI is InChI=1S/C26H26N2O4S2/c1-18-9-12-21(13-10-18)34(30,31)16-15-23(29)28(17-20-7-5-4-6-8-20)26-27-24-22(32-3)14-11-19(2)25(24)33-26/h4-14H,15-17H2,1-3H3. The molecular formula is C26H26N2O4S2. The van der Waals surface area contributed by atoms with E-state index in [1.807, 2.05) is 56.3 Å². The highest BCUT2D eigenvalue weighted by atomic mass is 32.2. The number of hydrogen-bond acceptors (Lipinski definition) is 6. The van der Waals surface area contributed by atoms with Crippen molar-refractivity contribution in [2.75, 3.05) is 17.8 Å². The first-order valence-electron chi connectivity index (χ1n) is 10.9. The first kappa shape index (κ1) is 23.9. The van der Waals surface area contributed by atoms with Crippen LogP contribution in [0, 0.1) is 13.8 Å². The third-order valence-corrected chi connectivity index (χ3v) is 8.54. The highest BCUT2D eigenvalue weighted by Crippen LogP contribution is 2.37. The van der Waals surface area contributed by atoms with Crippen LogP contribution in [0.3, 0.4) is 0 Å². The van der Waals surface area contributed by atoms with Gasteiger partial charge in [0.2, 0.25) is 5.91 Å². The second-order valence-corrected chi connectivity index (χ2v) is 11.2. The minimum Gasteiger partial charge on any atom is -0.494 e. The zero-order chi connectivity index (χ0) is 24.3. The smallest absolute Gasteiger partial charge is 0.230 e. The van der Waals surface area contributed by atoms with E-state index in [-0.39, 0.29) is 23.0 Å². The maximum absolute atomic E-state index is 13.4. The highest BCUT2D eigenvalue weighted by molar-refractivity contribution is 7.91. The lowest BCUT2D eigenvalue weighted by Gasteiger charge is -2.20. The number of methoxy groups -OCH3 is 1. The molecule has 0 atom stereocenters. The molecule has 0 unspecified atom stereocenters. The lowest BCUT2D eigenvalue weighted by Crippen LogP contribution is -2.31. The Balaban J connectivity index is 1.65. The van der Waals surface area contributed by atoms with Crippen molar-refractivity contribution >= 4 is 42.4 Å². The number of ether oxygens (including phenoxy) is 1. The van der Waals surface area contributed by atoms with Gasteiger partial charge < -0.3 is 4.74 Å². The molecule has 34 heavy (non-hydrogen) atoms. The summed E-state index contributed by atoms with van der Waals surface area (Å²) in [4.78, 5) is 19.9. The number of anilines is 1. The first-order valence-corrected chi connectivity index (χ1v) is 13.3. The summed E-state index contributed by atoms with van der Waals surface area (Å²) in [6.45, 7) is 4.18. The van der Waals surface area contributed by atoms with Crippen LogP contribution < -0.4 is 9.64 Å². The molecular weight excluding hydrogens is 468 g/mol. The number of benzene rings is 3. The van der Waals surface area contributed by atoms with Gasteiger partial charge in [0, 0.05) is 6.42 Å². The average Bonchev–Trinajstić information content (AvgIpc) is 3.28. The molecule has 4 aromatic rings. The molecule has 0 fully saturated rings. The van der Waals surface area contributed by atoms with Gasteiger partial charge in [-0.3, -0.25) is 9.69 Å². The second-order valence-electron chi connectivity index (χ2n) is 8.11. The van der Waals surface area contributed by atoms with E-state index in [2.05, 4.69) is 0 Å². The monoisotopic (exact) mass is 494 g/mol. The molecule has 6 nitrogen and oxygen atoms in total. The lowest BCUT2D eigenvalue weighted by molar-refractivity contribution is -0.118. The van der Waals surface area contributed by atoms with E-state index in [1.165, 1.54) is 11.3 Å². The van der Waals surface area contributed by atoms with Crippen LogP contribution in [-0.2, 0) is 21.2 Å². The second kappa shape index (κ2) is 9.95. The zero-order valence-electron chi connectivity index (χ0n) is 19.3. The summed E-state index contributed by atoms with van der Waals surface area (Å²) >= 11 is 1.40. The molecule has 0 saturated carbocycles. The van der Waals surface area contributed by atoms with Gasteiger partial charge in [-0.2, -0.15) is 0 Å². The van der Waals surface area contributed by atoms with E-state index in [9.17, 15) is 13.2 Å². The number of aromatic nitrogens is 1. The number of hydrogen-bond donors (Lipinski definition) is 0. The minimum atomic E-state index is -3.59. The molecule has 0 saturated heterocycles. The van der Waals surface area contributed by atoms with E-state index in [0.717, 1.165) is 21.4 Å². The largest absolute Gasteiger partial charge is 0.494 e. The summed E-state index contributed by atoms with van der Waals surface area (Å²) in [5.41, 5.74) is 3.64. The van der Waals surface area contributed by atoms with Crippen molar-refractivity contribution in [2.45, 2.75) is 31.7 Å². The van der Waals surface area contributed by atoms with Crippen molar-refractivity contribution < 1.29 is 17.9 Å². The predicted molar refractivity (Wildman–Crippen MR) is 136 cm³/mol. The van der Waals surface area contributed by atoms with Crippen molar-refractivity contribution in [3.8, 4) is 5.75 Å². The van der Waals surface area contributed by atoms with Gasteiger partial charge in [0.25, 0.3) is 0 Å². The number of amides is 1. The summed E-state index contributed by atoms with van der Waals surface area (Å²) < 4.78 is 32.1. The molecule has 1 heterocycles. The van der Waals surface area contributed by atoms with Crippen LogP contribution in [0.4, 0.5) is 5.13 Å². The Kier molecular flexibility index (Phi) is 7.00. The van der Waals surface area contributed by atoms with E-state index >= 15 is 0 Å². The summed E-state index contributed by atoms with van der Waals surface area (Å²) in [5, 5.41) is 0.518. The molecule has 0 spiro atoms. The maximum atomic E-state index is 13.4. The molecule has 8 heteroatoms. The molecule has 0 bridgehead atoms. The van der Waals surface area contributed by atoms with Crippen LogP contribution in [-0.4, -0.2) is 32.2 Å². The Morgan fingerprint density at radius 2 is 1.71 bits per heavy atom.